The van der Waals surface area contributed by atoms with Gasteiger partial charge in [0.25, 0.3) is 5.22 Å². The Bertz CT molecular complexity index is 800. The summed E-state index contributed by atoms with van der Waals surface area (Å²) in [5, 5.41) is 8.08. The topological polar surface area (TPSA) is 68.9 Å². The standard InChI is InChI=1S/C17H15N3O2S/c1-11-3-5-13(6-4-11)15(21)12(2)23-17-20-19-16(22-17)14-7-9-18-10-8-14/h3-10,12H,1-2H3/t12-/m1/s1. The molecule has 0 aliphatic rings. The molecule has 0 fully saturated rings. The fourth-order valence-electron chi connectivity index (χ4n) is 2.03. The van der Waals surface area contributed by atoms with Gasteiger partial charge >= 0.3 is 0 Å². The van der Waals surface area contributed by atoms with Gasteiger partial charge in [-0.2, -0.15) is 0 Å². The SMILES string of the molecule is Cc1ccc(C(=O)[C@@H](C)Sc2nnc(-c3ccncc3)o2)cc1. The summed E-state index contributed by atoms with van der Waals surface area (Å²) in [7, 11) is 0. The number of carbonyl (C=O) groups excluding carboxylic acids is 1. The van der Waals surface area contributed by atoms with Gasteiger partial charge in [-0.15, -0.1) is 10.2 Å². The molecule has 5 nitrogen and oxygen atoms in total. The van der Waals surface area contributed by atoms with Crippen LogP contribution in [-0.4, -0.2) is 26.2 Å². The maximum Gasteiger partial charge on any atom is 0.277 e. The van der Waals surface area contributed by atoms with Crippen molar-refractivity contribution in [2.45, 2.75) is 24.3 Å². The van der Waals surface area contributed by atoms with Crippen LogP contribution in [0.3, 0.4) is 0 Å². The molecule has 3 rings (SSSR count). The second kappa shape index (κ2) is 6.75. The second-order valence-electron chi connectivity index (χ2n) is 5.10. The summed E-state index contributed by atoms with van der Waals surface area (Å²) in [5.41, 5.74) is 2.61. The van der Waals surface area contributed by atoms with E-state index in [1.165, 1.54) is 11.8 Å². The summed E-state index contributed by atoms with van der Waals surface area (Å²) in [5.74, 6) is 0.462. The van der Waals surface area contributed by atoms with Crippen LogP contribution >= 0.6 is 11.8 Å². The lowest BCUT2D eigenvalue weighted by atomic mass is 10.1. The Morgan fingerprint density at radius 2 is 1.78 bits per heavy atom. The molecule has 0 bridgehead atoms. The van der Waals surface area contributed by atoms with E-state index in [1.807, 2.05) is 38.1 Å². The molecule has 0 amide bonds. The van der Waals surface area contributed by atoms with E-state index in [2.05, 4.69) is 15.2 Å². The molecule has 0 aliphatic heterocycles. The Hall–Kier alpha value is -2.47. The first kappa shape index (κ1) is 15.4. The number of benzene rings is 1. The molecular weight excluding hydrogens is 310 g/mol. The lowest BCUT2D eigenvalue weighted by Gasteiger charge is -2.07. The number of hydrogen-bond donors (Lipinski definition) is 0. The molecule has 0 aliphatic carbocycles. The van der Waals surface area contributed by atoms with Crippen molar-refractivity contribution in [1.29, 1.82) is 0 Å². The molecule has 2 aromatic heterocycles. The number of pyridine rings is 1. The first-order valence-corrected chi connectivity index (χ1v) is 8.03. The van der Waals surface area contributed by atoms with Crippen LogP contribution in [0.1, 0.15) is 22.8 Å². The number of hydrogen-bond acceptors (Lipinski definition) is 6. The van der Waals surface area contributed by atoms with Gasteiger partial charge in [0.15, 0.2) is 5.78 Å². The zero-order valence-corrected chi connectivity index (χ0v) is 13.6. The van der Waals surface area contributed by atoms with Gasteiger partial charge in [0, 0.05) is 23.5 Å². The zero-order chi connectivity index (χ0) is 16.2. The summed E-state index contributed by atoms with van der Waals surface area (Å²) in [4.78, 5) is 16.4. The third kappa shape index (κ3) is 3.65. The predicted molar refractivity (Wildman–Crippen MR) is 88.4 cm³/mol. The first-order valence-electron chi connectivity index (χ1n) is 7.15. The summed E-state index contributed by atoms with van der Waals surface area (Å²) < 4.78 is 5.61. The summed E-state index contributed by atoms with van der Waals surface area (Å²) in [6.45, 7) is 3.83. The van der Waals surface area contributed by atoms with Gasteiger partial charge in [-0.05, 0) is 26.0 Å². The van der Waals surface area contributed by atoms with Gasteiger partial charge in [0.2, 0.25) is 5.89 Å². The van der Waals surface area contributed by atoms with Crippen LogP contribution in [0.4, 0.5) is 0 Å². The molecule has 1 atom stereocenters. The van der Waals surface area contributed by atoms with Crippen molar-refractivity contribution in [2.24, 2.45) is 0 Å². The fourth-order valence-corrected chi connectivity index (χ4v) is 2.79. The van der Waals surface area contributed by atoms with Crippen molar-refractivity contribution in [3.05, 3.63) is 59.9 Å². The molecule has 0 spiro atoms. The number of ketones is 1. The fraction of sp³-hybridized carbons (Fsp3) is 0.176. The first-order chi connectivity index (χ1) is 11.1. The zero-order valence-electron chi connectivity index (χ0n) is 12.8. The highest BCUT2D eigenvalue weighted by molar-refractivity contribution is 8.00. The number of thioether (sulfide) groups is 1. The van der Waals surface area contributed by atoms with Crippen LogP contribution < -0.4 is 0 Å². The quantitative estimate of drug-likeness (QED) is 0.525. The molecule has 1 aromatic carbocycles. The smallest absolute Gasteiger partial charge is 0.277 e. The average Bonchev–Trinajstić information content (AvgIpc) is 3.04. The van der Waals surface area contributed by atoms with Gasteiger partial charge in [0.1, 0.15) is 0 Å². The maximum atomic E-state index is 12.4. The van der Waals surface area contributed by atoms with Crippen molar-refractivity contribution >= 4 is 17.5 Å². The van der Waals surface area contributed by atoms with Crippen LogP contribution in [0.2, 0.25) is 0 Å². The van der Waals surface area contributed by atoms with E-state index in [0.29, 0.717) is 16.7 Å². The Labute approximate surface area is 138 Å². The van der Waals surface area contributed by atoms with E-state index >= 15 is 0 Å². The molecule has 0 saturated heterocycles. The Kier molecular flexibility index (Phi) is 4.52. The number of rotatable bonds is 5. The highest BCUT2D eigenvalue weighted by Crippen LogP contribution is 2.27. The number of aromatic nitrogens is 3. The number of carbonyl (C=O) groups is 1. The van der Waals surface area contributed by atoms with Crippen molar-refractivity contribution in [1.82, 2.24) is 15.2 Å². The van der Waals surface area contributed by atoms with Crippen LogP contribution in [-0.2, 0) is 0 Å². The van der Waals surface area contributed by atoms with Crippen LogP contribution in [0.15, 0.2) is 58.4 Å². The molecule has 6 heteroatoms. The van der Waals surface area contributed by atoms with Gasteiger partial charge in [-0.25, -0.2) is 0 Å². The van der Waals surface area contributed by atoms with Crippen molar-refractivity contribution < 1.29 is 9.21 Å². The molecule has 0 unspecified atom stereocenters. The minimum absolute atomic E-state index is 0.0404. The predicted octanol–water partition coefficient (Wildman–Crippen LogP) is 3.80. The maximum absolute atomic E-state index is 12.4. The van der Waals surface area contributed by atoms with Crippen LogP contribution in [0.25, 0.3) is 11.5 Å². The second-order valence-corrected chi connectivity index (χ2v) is 6.39. The summed E-state index contributed by atoms with van der Waals surface area (Å²) >= 11 is 1.26. The summed E-state index contributed by atoms with van der Waals surface area (Å²) in [6.07, 6.45) is 3.33. The van der Waals surface area contributed by atoms with Gasteiger partial charge < -0.3 is 4.42 Å². The Morgan fingerprint density at radius 1 is 1.09 bits per heavy atom. The molecule has 0 radical (unpaired) electrons. The van der Waals surface area contributed by atoms with Gasteiger partial charge in [0.05, 0.1) is 5.25 Å². The van der Waals surface area contributed by atoms with Crippen LogP contribution in [0, 0.1) is 6.92 Å². The summed E-state index contributed by atoms with van der Waals surface area (Å²) in [6, 6.07) is 11.1. The molecule has 116 valence electrons. The van der Waals surface area contributed by atoms with E-state index in [1.54, 1.807) is 24.5 Å². The molecule has 0 N–H and O–H groups in total. The third-order valence-electron chi connectivity index (χ3n) is 3.32. The minimum Gasteiger partial charge on any atom is -0.411 e. The highest BCUT2D eigenvalue weighted by atomic mass is 32.2. The average molecular weight is 325 g/mol. The van der Waals surface area contributed by atoms with Gasteiger partial charge in [-0.3, -0.25) is 9.78 Å². The van der Waals surface area contributed by atoms with E-state index in [0.717, 1.165) is 11.1 Å². The lowest BCUT2D eigenvalue weighted by molar-refractivity contribution is 0.0993. The van der Waals surface area contributed by atoms with E-state index in [9.17, 15) is 4.79 Å². The number of nitrogens with zero attached hydrogens (tertiary/aromatic N) is 3. The minimum atomic E-state index is -0.302. The molecule has 3 aromatic rings. The molecule has 0 saturated carbocycles. The van der Waals surface area contributed by atoms with Crippen LogP contribution in [0.5, 0.6) is 0 Å². The molecule has 2 heterocycles. The Balaban J connectivity index is 1.71. The van der Waals surface area contributed by atoms with Crippen molar-refractivity contribution in [3.63, 3.8) is 0 Å². The lowest BCUT2D eigenvalue weighted by Crippen LogP contribution is -2.13. The normalized spacial score (nSPS) is 12.1. The van der Waals surface area contributed by atoms with E-state index in [4.69, 9.17) is 4.42 Å². The van der Waals surface area contributed by atoms with Crippen molar-refractivity contribution in [3.8, 4) is 11.5 Å². The number of aryl methyl sites for hydroxylation is 1. The van der Waals surface area contributed by atoms with E-state index < -0.39 is 0 Å². The van der Waals surface area contributed by atoms with Crippen molar-refractivity contribution in [2.75, 3.05) is 0 Å². The Morgan fingerprint density at radius 3 is 2.48 bits per heavy atom. The highest BCUT2D eigenvalue weighted by Gasteiger charge is 2.20. The monoisotopic (exact) mass is 325 g/mol. The number of Topliss-reactive ketones (excluding diaryl/α,β-unsaturated/α-hetero) is 1. The molecular formula is C17H15N3O2S. The third-order valence-corrected chi connectivity index (χ3v) is 4.25. The van der Waals surface area contributed by atoms with E-state index in [-0.39, 0.29) is 11.0 Å². The van der Waals surface area contributed by atoms with Gasteiger partial charge in [-0.1, -0.05) is 41.6 Å². The molecule has 23 heavy (non-hydrogen) atoms. The largest absolute Gasteiger partial charge is 0.411 e.